The smallest absolute Gasteiger partial charge is 0.439 e. The first-order chi connectivity index (χ1) is 5.06. The van der Waals surface area contributed by atoms with Gasteiger partial charge in [-0.05, 0) is 7.05 Å². The van der Waals surface area contributed by atoms with E-state index < -0.39 is 13.3 Å². The Kier molecular flexibility index (Phi) is 4.29. The summed E-state index contributed by atoms with van der Waals surface area (Å²) in [6.07, 6.45) is 0. The van der Waals surface area contributed by atoms with Crippen molar-refractivity contribution in [2.45, 2.75) is 0 Å². The second-order valence-corrected chi connectivity index (χ2v) is 3.59. The zero-order valence-electron chi connectivity index (χ0n) is 6.23. The lowest BCUT2D eigenvalue weighted by Gasteiger charge is -2.09. The minimum Gasteiger partial charge on any atom is -0.472 e. The van der Waals surface area contributed by atoms with E-state index in [1.807, 2.05) is 0 Å². The molecule has 0 aliphatic heterocycles. The summed E-state index contributed by atoms with van der Waals surface area (Å²) in [6, 6.07) is 0. The first-order valence-electron chi connectivity index (χ1n) is 2.75. The van der Waals surface area contributed by atoms with Crippen molar-refractivity contribution >= 4 is 13.3 Å². The average Bonchev–Trinajstić information content (AvgIpc) is 2.00. The summed E-state index contributed by atoms with van der Waals surface area (Å²) in [7, 11) is -1.39. The molecule has 0 fully saturated rings. The van der Waals surface area contributed by atoms with Gasteiger partial charge in [0, 0.05) is 7.11 Å². The predicted octanol–water partition coefficient (Wildman–Crippen LogP) is 0.697. The zero-order valence-corrected chi connectivity index (χ0v) is 7.13. The molecule has 0 aromatic carbocycles. The van der Waals surface area contributed by atoms with Gasteiger partial charge >= 0.3 is 13.3 Å². The third kappa shape index (κ3) is 2.98. The Labute approximate surface area is 64.0 Å². The Morgan fingerprint density at radius 2 is 2.27 bits per heavy atom. The van der Waals surface area contributed by atoms with E-state index in [0.717, 1.165) is 7.11 Å². The molecule has 1 atom stereocenters. The monoisotopic (exact) mass is 183 g/mol. The summed E-state index contributed by atoms with van der Waals surface area (Å²) in [4.78, 5) is 10.2. The zero-order chi connectivity index (χ0) is 8.91. The van der Waals surface area contributed by atoms with Gasteiger partial charge in [-0.2, -0.15) is 0 Å². The number of hydrogen-bond acceptors (Lipinski definition) is 5. The van der Waals surface area contributed by atoms with E-state index in [0.29, 0.717) is 0 Å². The van der Waals surface area contributed by atoms with Crippen molar-refractivity contribution in [2.24, 2.45) is 0 Å². The largest absolute Gasteiger partial charge is 0.472 e. The van der Waals surface area contributed by atoms with Crippen LogP contribution in [0.5, 0.6) is 0 Å². The fraction of sp³-hybridized carbons (Fsp3) is 0.750. The molecule has 0 saturated heterocycles. The molecule has 0 radical (unpaired) electrons. The molecule has 7 heteroatoms. The van der Waals surface area contributed by atoms with Crippen molar-refractivity contribution in [3.63, 3.8) is 0 Å². The number of carboxylic acid groups (broad SMARTS) is 1. The number of hydrogen-bond donors (Lipinski definition) is 2. The molecule has 2 N–H and O–H groups in total. The molecule has 6 nitrogen and oxygen atoms in total. The van der Waals surface area contributed by atoms with E-state index in [2.05, 4.69) is 14.4 Å². The van der Waals surface area contributed by atoms with E-state index in [1.54, 1.807) is 0 Å². The van der Waals surface area contributed by atoms with Gasteiger partial charge in [0.2, 0.25) is 0 Å². The van der Waals surface area contributed by atoms with Crippen molar-refractivity contribution in [1.82, 2.24) is 5.32 Å². The highest BCUT2D eigenvalue weighted by molar-refractivity contribution is 7.71. The molecule has 11 heavy (non-hydrogen) atoms. The van der Waals surface area contributed by atoms with Gasteiger partial charge in [0.05, 0.1) is 0 Å². The lowest BCUT2D eigenvalue weighted by molar-refractivity contribution is 0.184. The summed E-state index contributed by atoms with van der Waals surface area (Å²) in [5.41, 5.74) is -1.59. The molecule has 0 aromatic rings. The molecule has 0 amide bonds. The van der Waals surface area contributed by atoms with Gasteiger partial charge in [0.25, 0.3) is 0 Å². The van der Waals surface area contributed by atoms with Gasteiger partial charge in [0.15, 0.2) is 0 Å². The van der Waals surface area contributed by atoms with Crippen molar-refractivity contribution < 1.29 is 23.5 Å². The Morgan fingerprint density at radius 1 is 1.73 bits per heavy atom. The summed E-state index contributed by atoms with van der Waals surface area (Å²) >= 11 is 0. The highest BCUT2D eigenvalue weighted by atomic mass is 31.2. The molecule has 0 spiro atoms. The van der Waals surface area contributed by atoms with Crippen LogP contribution in [-0.4, -0.2) is 31.7 Å². The van der Waals surface area contributed by atoms with Gasteiger partial charge in [-0.15, -0.1) is 0 Å². The lowest BCUT2D eigenvalue weighted by Crippen LogP contribution is -2.13. The highest BCUT2D eigenvalue weighted by Gasteiger charge is 2.33. The van der Waals surface area contributed by atoms with Crippen LogP contribution in [0.15, 0.2) is 0 Å². The van der Waals surface area contributed by atoms with Crippen molar-refractivity contribution in [2.75, 3.05) is 20.9 Å². The Bertz CT molecular complexity index is 181. The number of carbonyl (C=O) groups is 1. The fourth-order valence-corrected chi connectivity index (χ4v) is 1.01. The van der Waals surface area contributed by atoms with Crippen LogP contribution in [0.4, 0.5) is 4.79 Å². The second kappa shape index (κ2) is 4.46. The summed E-state index contributed by atoms with van der Waals surface area (Å²) < 4.78 is 19.6. The first-order valence-corrected chi connectivity index (χ1v) is 4.29. The van der Waals surface area contributed by atoms with Crippen LogP contribution < -0.4 is 5.32 Å². The van der Waals surface area contributed by atoms with Gasteiger partial charge in [-0.1, -0.05) is 0 Å². The molecular weight excluding hydrogens is 173 g/mol. The van der Waals surface area contributed by atoms with Crippen LogP contribution >= 0.6 is 7.60 Å². The molecule has 0 heterocycles. The normalized spacial score (nSPS) is 15.8. The van der Waals surface area contributed by atoms with Crippen LogP contribution in [0.1, 0.15) is 0 Å². The van der Waals surface area contributed by atoms with Crippen molar-refractivity contribution in [3.8, 4) is 0 Å². The Balaban J connectivity index is 4.12. The number of nitrogens with one attached hydrogen (secondary N) is 1. The second-order valence-electron chi connectivity index (χ2n) is 1.59. The molecule has 0 aliphatic carbocycles. The maximum absolute atomic E-state index is 11.0. The summed E-state index contributed by atoms with van der Waals surface area (Å²) in [5, 5.41) is 10.8. The maximum Gasteiger partial charge on any atom is 0.439 e. The van der Waals surface area contributed by atoms with Crippen LogP contribution in [0, 0.1) is 0 Å². The predicted molar refractivity (Wildman–Crippen MR) is 37.7 cm³/mol. The molecule has 0 rings (SSSR count). The van der Waals surface area contributed by atoms with E-state index in [4.69, 9.17) is 5.11 Å². The van der Waals surface area contributed by atoms with Crippen LogP contribution in [0.3, 0.4) is 0 Å². The maximum atomic E-state index is 11.0. The van der Waals surface area contributed by atoms with Crippen LogP contribution in [0.2, 0.25) is 0 Å². The van der Waals surface area contributed by atoms with Gasteiger partial charge in [-0.3, -0.25) is 9.84 Å². The summed E-state index contributed by atoms with van der Waals surface area (Å²) in [6.45, 7) is -0.128. The highest BCUT2D eigenvalue weighted by Crippen LogP contribution is 2.47. The molecule has 66 valence electrons. The third-order valence-electron chi connectivity index (χ3n) is 0.853. The van der Waals surface area contributed by atoms with Gasteiger partial charge in [-0.25, -0.2) is 9.36 Å². The quantitative estimate of drug-likeness (QED) is 0.482. The summed E-state index contributed by atoms with van der Waals surface area (Å²) in [5.74, 6) is 0. The molecule has 0 aliphatic rings. The first kappa shape index (κ1) is 10.6. The molecule has 0 bridgehead atoms. The molecule has 0 saturated carbocycles. The van der Waals surface area contributed by atoms with Crippen molar-refractivity contribution in [1.29, 1.82) is 0 Å². The van der Waals surface area contributed by atoms with E-state index in [1.165, 1.54) is 7.05 Å². The molecular formula is C4H10NO5P. The van der Waals surface area contributed by atoms with E-state index in [-0.39, 0.29) is 6.73 Å². The third-order valence-corrected chi connectivity index (χ3v) is 2.27. The van der Waals surface area contributed by atoms with E-state index >= 15 is 0 Å². The van der Waals surface area contributed by atoms with Gasteiger partial charge in [0.1, 0.15) is 6.73 Å². The SMILES string of the molecule is CNCOP(=O)(OC)C(=O)O. The number of rotatable bonds is 5. The fourth-order valence-electron chi connectivity index (χ4n) is 0.336. The minimum absolute atomic E-state index is 0.128. The van der Waals surface area contributed by atoms with Gasteiger partial charge < -0.3 is 9.63 Å². The molecule has 1 unspecified atom stereocenters. The standard InChI is InChI=1S/C4H10NO5P/c1-5-3-10-11(8,9-2)4(6)7/h5H,3H2,1-2H3,(H,6,7). The minimum atomic E-state index is -3.93. The average molecular weight is 183 g/mol. The van der Waals surface area contributed by atoms with Crippen LogP contribution in [0.25, 0.3) is 0 Å². The topological polar surface area (TPSA) is 84.9 Å². The van der Waals surface area contributed by atoms with Crippen molar-refractivity contribution in [3.05, 3.63) is 0 Å². The molecule has 0 aromatic heterocycles. The Morgan fingerprint density at radius 3 is 2.55 bits per heavy atom. The van der Waals surface area contributed by atoms with Crippen LogP contribution in [-0.2, 0) is 13.6 Å². The Hall–Kier alpha value is -0.420. The van der Waals surface area contributed by atoms with E-state index in [9.17, 15) is 9.36 Å². The lowest BCUT2D eigenvalue weighted by atomic mass is 11.2.